The van der Waals surface area contributed by atoms with Crippen LogP contribution in [-0.2, 0) is 6.18 Å². The van der Waals surface area contributed by atoms with E-state index in [4.69, 9.17) is 4.42 Å². The van der Waals surface area contributed by atoms with Crippen molar-refractivity contribution in [2.24, 2.45) is 0 Å². The molecule has 0 bridgehead atoms. The summed E-state index contributed by atoms with van der Waals surface area (Å²) in [5, 5.41) is 8.56. The van der Waals surface area contributed by atoms with Crippen LogP contribution >= 0.6 is 0 Å². The van der Waals surface area contributed by atoms with Gasteiger partial charge in [0.25, 0.3) is 0 Å². The number of alkyl halides is 3. The number of phenolic OH excluding ortho intramolecular Hbond substituents is 1. The summed E-state index contributed by atoms with van der Waals surface area (Å²) in [6.07, 6.45) is -4.95. The Morgan fingerprint density at radius 2 is 1.68 bits per heavy atom. The number of phenols is 1. The van der Waals surface area contributed by atoms with E-state index in [-0.39, 0.29) is 0 Å². The summed E-state index contributed by atoms with van der Waals surface area (Å²) in [5.41, 5.74) is -3.68. The Labute approximate surface area is 118 Å². The Balaban J connectivity index is 2.60. The van der Waals surface area contributed by atoms with Crippen molar-refractivity contribution in [2.75, 3.05) is 0 Å². The second-order valence-corrected chi connectivity index (χ2v) is 4.55. The van der Waals surface area contributed by atoms with Crippen molar-refractivity contribution in [3.63, 3.8) is 0 Å². The highest BCUT2D eigenvalue weighted by atomic mass is 19.4. The fourth-order valence-electron chi connectivity index (χ4n) is 2.21. The maximum atomic E-state index is 13.4. The molecule has 2 aliphatic rings. The molecule has 0 fully saturated rings. The van der Waals surface area contributed by atoms with E-state index in [1.807, 2.05) is 0 Å². The molecule has 0 unspecified atom stereocenters. The van der Waals surface area contributed by atoms with Crippen molar-refractivity contribution in [3.05, 3.63) is 51.7 Å². The number of fused-ring (bicyclic) bond motifs is 2. The van der Waals surface area contributed by atoms with E-state index in [1.165, 1.54) is 0 Å². The van der Waals surface area contributed by atoms with Crippen molar-refractivity contribution in [1.29, 1.82) is 0 Å². The van der Waals surface area contributed by atoms with Crippen molar-refractivity contribution in [2.45, 2.75) is 6.18 Å². The normalized spacial score (nSPS) is 12.2. The fraction of sp³-hybridized carbons (Fsp3) is 0.0714. The zero-order valence-electron chi connectivity index (χ0n) is 10.5. The van der Waals surface area contributed by atoms with Gasteiger partial charge in [0.2, 0.25) is 5.43 Å². The van der Waals surface area contributed by atoms with Gasteiger partial charge in [0, 0.05) is 23.1 Å². The van der Waals surface area contributed by atoms with Crippen molar-refractivity contribution in [1.82, 2.24) is 0 Å². The molecule has 0 amide bonds. The van der Waals surface area contributed by atoms with Crippen LogP contribution in [0.15, 0.2) is 33.5 Å². The van der Waals surface area contributed by atoms with Gasteiger partial charge in [-0.05, 0) is 12.1 Å². The van der Waals surface area contributed by atoms with Gasteiger partial charge in [-0.1, -0.05) is 0 Å². The number of halogens is 5. The summed E-state index contributed by atoms with van der Waals surface area (Å²) in [4.78, 5) is 11.2. The van der Waals surface area contributed by atoms with Gasteiger partial charge in [-0.2, -0.15) is 13.2 Å². The summed E-state index contributed by atoms with van der Waals surface area (Å²) < 4.78 is 71.6. The predicted octanol–water partition coefficient (Wildman–Crippen LogP) is 3.90. The van der Waals surface area contributed by atoms with Crippen molar-refractivity contribution >= 4 is 11.0 Å². The van der Waals surface area contributed by atoms with E-state index in [9.17, 15) is 31.9 Å². The Bertz CT molecular complexity index is 926. The van der Waals surface area contributed by atoms with Crippen LogP contribution in [0, 0.1) is 11.6 Å². The minimum Gasteiger partial charge on any atom is -0.505 e. The number of aromatic hydroxyl groups is 1. The zero-order valence-corrected chi connectivity index (χ0v) is 10.5. The molecule has 1 heterocycles. The molecule has 0 spiro atoms. The summed E-state index contributed by atoms with van der Waals surface area (Å²) in [7, 11) is 0. The largest absolute Gasteiger partial charge is 0.505 e. The van der Waals surface area contributed by atoms with Crippen LogP contribution in [0.5, 0.6) is 5.75 Å². The van der Waals surface area contributed by atoms with E-state index < -0.39 is 56.8 Å². The molecule has 3 nitrogen and oxygen atoms in total. The molecule has 1 aromatic carbocycles. The van der Waals surface area contributed by atoms with E-state index >= 15 is 0 Å². The van der Waals surface area contributed by atoms with E-state index in [2.05, 4.69) is 0 Å². The first kappa shape index (κ1) is 14.3. The molecule has 114 valence electrons. The SMILES string of the molecule is O=c1cc2oc3cc(O)c(F)cc3c(C(F)(F)F)c-2cc1F. The molecule has 3 rings (SSSR count). The maximum absolute atomic E-state index is 13.4. The smallest absolute Gasteiger partial charge is 0.417 e. The first-order chi connectivity index (χ1) is 10.2. The monoisotopic (exact) mass is 316 g/mol. The molecule has 8 heteroatoms. The van der Waals surface area contributed by atoms with Gasteiger partial charge in [-0.3, -0.25) is 4.79 Å². The van der Waals surface area contributed by atoms with Crippen LogP contribution in [0.4, 0.5) is 22.0 Å². The molecular weight excluding hydrogens is 311 g/mol. The highest BCUT2D eigenvalue weighted by Gasteiger charge is 2.38. The van der Waals surface area contributed by atoms with Gasteiger partial charge in [-0.15, -0.1) is 0 Å². The number of hydrogen-bond donors (Lipinski definition) is 1. The van der Waals surface area contributed by atoms with Gasteiger partial charge >= 0.3 is 6.18 Å². The molecule has 0 aromatic heterocycles. The summed E-state index contributed by atoms with van der Waals surface area (Å²) >= 11 is 0. The molecule has 0 radical (unpaired) electrons. The number of rotatable bonds is 0. The molecule has 0 atom stereocenters. The molecule has 22 heavy (non-hydrogen) atoms. The lowest BCUT2D eigenvalue weighted by Gasteiger charge is -2.17. The minimum atomic E-state index is -4.95. The van der Waals surface area contributed by atoms with Gasteiger partial charge < -0.3 is 9.52 Å². The molecule has 0 saturated heterocycles. The van der Waals surface area contributed by atoms with Crippen LogP contribution < -0.4 is 5.43 Å². The van der Waals surface area contributed by atoms with Crippen LogP contribution in [-0.4, -0.2) is 5.11 Å². The molecule has 1 aromatic rings. The average molecular weight is 316 g/mol. The fourth-order valence-corrected chi connectivity index (χ4v) is 2.21. The lowest BCUT2D eigenvalue weighted by atomic mass is 9.98. The quantitative estimate of drug-likeness (QED) is 0.505. The predicted molar refractivity (Wildman–Crippen MR) is 65.7 cm³/mol. The van der Waals surface area contributed by atoms with E-state index in [0.717, 1.165) is 0 Å². The lowest BCUT2D eigenvalue weighted by Crippen LogP contribution is -2.13. The third kappa shape index (κ3) is 2.07. The second-order valence-electron chi connectivity index (χ2n) is 4.55. The van der Waals surface area contributed by atoms with Crippen LogP contribution in [0.25, 0.3) is 22.3 Å². The zero-order chi connectivity index (χ0) is 16.2. The maximum Gasteiger partial charge on any atom is 0.417 e. The lowest BCUT2D eigenvalue weighted by molar-refractivity contribution is -0.136. The Morgan fingerprint density at radius 1 is 1.00 bits per heavy atom. The van der Waals surface area contributed by atoms with E-state index in [1.54, 1.807) is 0 Å². The second kappa shape index (κ2) is 4.43. The molecule has 1 aliphatic carbocycles. The van der Waals surface area contributed by atoms with Crippen molar-refractivity contribution in [3.8, 4) is 17.1 Å². The number of hydrogen-bond acceptors (Lipinski definition) is 3. The Hall–Kier alpha value is -2.64. The molecule has 0 saturated carbocycles. The minimum absolute atomic E-state index is 0.397. The van der Waals surface area contributed by atoms with Gasteiger partial charge in [0.15, 0.2) is 17.4 Å². The first-order valence-corrected chi connectivity index (χ1v) is 5.84. The van der Waals surface area contributed by atoms with Gasteiger partial charge in [0.05, 0.1) is 5.56 Å². The Morgan fingerprint density at radius 3 is 2.32 bits per heavy atom. The summed E-state index contributed by atoms with van der Waals surface area (Å²) in [6, 6.07) is 2.07. The van der Waals surface area contributed by atoms with Gasteiger partial charge in [0.1, 0.15) is 11.3 Å². The highest BCUT2D eigenvalue weighted by molar-refractivity contribution is 5.89. The van der Waals surface area contributed by atoms with Gasteiger partial charge in [-0.25, -0.2) is 8.78 Å². The first-order valence-electron chi connectivity index (χ1n) is 5.84. The van der Waals surface area contributed by atoms with E-state index in [0.29, 0.717) is 24.3 Å². The molecule has 1 aliphatic heterocycles. The summed E-state index contributed by atoms with van der Waals surface area (Å²) in [6.45, 7) is 0. The number of benzene rings is 2. The third-order valence-corrected chi connectivity index (χ3v) is 3.13. The standard InChI is InChI=1S/C14H5F5O3/c15-7-1-5-11(3-9(7)20)22-12-4-10(21)8(16)2-6(12)13(5)14(17,18)19/h1-4,20H. The Kier molecular flexibility index (Phi) is 2.88. The molecule has 1 N–H and O–H groups in total. The average Bonchev–Trinajstić information content (AvgIpc) is 2.38. The van der Waals surface area contributed by atoms with Crippen LogP contribution in [0.2, 0.25) is 0 Å². The van der Waals surface area contributed by atoms with Crippen LogP contribution in [0.3, 0.4) is 0 Å². The highest BCUT2D eigenvalue weighted by Crippen LogP contribution is 2.44. The molecular formula is C14H5F5O3. The summed E-state index contributed by atoms with van der Waals surface area (Å²) in [5.74, 6) is -4.09. The topological polar surface area (TPSA) is 50.4 Å². The van der Waals surface area contributed by atoms with Crippen molar-refractivity contribution < 1.29 is 31.5 Å². The van der Waals surface area contributed by atoms with Crippen LogP contribution in [0.1, 0.15) is 5.56 Å². The third-order valence-electron chi connectivity index (χ3n) is 3.13.